The summed E-state index contributed by atoms with van der Waals surface area (Å²) in [5, 5.41) is 11.4. The van der Waals surface area contributed by atoms with E-state index in [4.69, 9.17) is 9.47 Å². The number of benzene rings is 2. The SMILES string of the molecule is COc1cc2c(cc1OC)C(c1[nH]nc3ccccc13)CC(=O)N2. The number of ether oxygens (including phenoxy) is 2. The fraction of sp³-hybridized carbons (Fsp3) is 0.222. The largest absolute Gasteiger partial charge is 0.493 e. The third kappa shape index (κ3) is 2.19. The van der Waals surface area contributed by atoms with Crippen LogP contribution in [0.5, 0.6) is 11.5 Å². The Morgan fingerprint density at radius 2 is 1.88 bits per heavy atom. The van der Waals surface area contributed by atoms with Crippen LogP contribution >= 0.6 is 0 Å². The van der Waals surface area contributed by atoms with Gasteiger partial charge in [-0.25, -0.2) is 0 Å². The highest BCUT2D eigenvalue weighted by molar-refractivity contribution is 5.97. The number of para-hydroxylation sites is 1. The molecular formula is C18H17N3O3. The lowest BCUT2D eigenvalue weighted by molar-refractivity contribution is -0.116. The quantitative estimate of drug-likeness (QED) is 0.777. The van der Waals surface area contributed by atoms with Gasteiger partial charge in [-0.05, 0) is 17.7 Å². The first-order valence-electron chi connectivity index (χ1n) is 7.70. The van der Waals surface area contributed by atoms with Crippen molar-refractivity contribution >= 4 is 22.5 Å². The first kappa shape index (κ1) is 14.6. The number of fused-ring (bicyclic) bond motifs is 2. The zero-order chi connectivity index (χ0) is 16.7. The van der Waals surface area contributed by atoms with Crippen LogP contribution in [0.4, 0.5) is 5.69 Å². The van der Waals surface area contributed by atoms with Crippen molar-refractivity contribution in [3.05, 3.63) is 47.7 Å². The molecule has 0 spiro atoms. The summed E-state index contributed by atoms with van der Waals surface area (Å²) in [5.41, 5.74) is 3.56. The monoisotopic (exact) mass is 323 g/mol. The van der Waals surface area contributed by atoms with E-state index >= 15 is 0 Å². The van der Waals surface area contributed by atoms with Crippen LogP contribution in [0.2, 0.25) is 0 Å². The molecule has 1 aromatic heterocycles. The maximum Gasteiger partial charge on any atom is 0.225 e. The Hall–Kier alpha value is -3.02. The molecule has 122 valence electrons. The highest BCUT2D eigenvalue weighted by atomic mass is 16.5. The number of aromatic amines is 1. The highest BCUT2D eigenvalue weighted by Gasteiger charge is 2.30. The van der Waals surface area contributed by atoms with E-state index in [9.17, 15) is 4.79 Å². The summed E-state index contributed by atoms with van der Waals surface area (Å²) in [4.78, 5) is 12.2. The minimum atomic E-state index is -0.110. The van der Waals surface area contributed by atoms with Crippen LogP contribution in [0.1, 0.15) is 23.6 Å². The van der Waals surface area contributed by atoms with E-state index in [0.717, 1.165) is 27.8 Å². The molecule has 2 N–H and O–H groups in total. The highest BCUT2D eigenvalue weighted by Crippen LogP contribution is 2.43. The first-order chi connectivity index (χ1) is 11.7. The van der Waals surface area contributed by atoms with Crippen LogP contribution < -0.4 is 14.8 Å². The number of carbonyl (C=O) groups excluding carboxylic acids is 1. The second-order valence-corrected chi connectivity index (χ2v) is 5.75. The second-order valence-electron chi connectivity index (χ2n) is 5.75. The van der Waals surface area contributed by atoms with E-state index in [2.05, 4.69) is 15.5 Å². The van der Waals surface area contributed by atoms with E-state index in [1.54, 1.807) is 20.3 Å². The molecule has 1 aliphatic heterocycles. The van der Waals surface area contributed by atoms with Crippen LogP contribution in [0.3, 0.4) is 0 Å². The number of methoxy groups -OCH3 is 2. The third-order valence-electron chi connectivity index (χ3n) is 4.43. The number of amides is 1. The number of carbonyl (C=O) groups is 1. The topological polar surface area (TPSA) is 76.2 Å². The fourth-order valence-corrected chi connectivity index (χ4v) is 3.29. The lowest BCUT2D eigenvalue weighted by Crippen LogP contribution is -2.24. The summed E-state index contributed by atoms with van der Waals surface area (Å²) in [6.07, 6.45) is 0.356. The smallest absolute Gasteiger partial charge is 0.225 e. The summed E-state index contributed by atoms with van der Waals surface area (Å²) in [5.74, 6) is 1.09. The number of anilines is 1. The van der Waals surface area contributed by atoms with Gasteiger partial charge >= 0.3 is 0 Å². The minimum absolute atomic E-state index is 0.0293. The van der Waals surface area contributed by atoms with Crippen molar-refractivity contribution in [1.29, 1.82) is 0 Å². The molecule has 1 amide bonds. The molecule has 1 unspecified atom stereocenters. The summed E-state index contributed by atoms with van der Waals surface area (Å²) < 4.78 is 10.8. The lowest BCUT2D eigenvalue weighted by atomic mass is 9.86. The van der Waals surface area contributed by atoms with Crippen molar-refractivity contribution in [3.8, 4) is 11.5 Å². The Labute approximate surface area is 138 Å². The molecular weight excluding hydrogens is 306 g/mol. The lowest BCUT2D eigenvalue weighted by Gasteiger charge is -2.26. The van der Waals surface area contributed by atoms with Gasteiger partial charge in [0.05, 0.1) is 25.4 Å². The normalized spacial score (nSPS) is 16.6. The number of hydrogen-bond acceptors (Lipinski definition) is 4. The van der Waals surface area contributed by atoms with Crippen LogP contribution in [-0.4, -0.2) is 30.3 Å². The van der Waals surface area contributed by atoms with Gasteiger partial charge in [0.25, 0.3) is 0 Å². The van der Waals surface area contributed by atoms with E-state index in [1.165, 1.54) is 0 Å². The van der Waals surface area contributed by atoms with Gasteiger partial charge in [-0.2, -0.15) is 5.10 Å². The van der Waals surface area contributed by atoms with Crippen molar-refractivity contribution in [2.75, 3.05) is 19.5 Å². The van der Waals surface area contributed by atoms with Gasteiger partial charge in [-0.15, -0.1) is 0 Å². The summed E-state index contributed by atoms with van der Waals surface area (Å²) in [6.45, 7) is 0. The maximum absolute atomic E-state index is 12.2. The summed E-state index contributed by atoms with van der Waals surface area (Å²) in [6, 6.07) is 11.6. The molecule has 0 fully saturated rings. The first-order valence-corrected chi connectivity index (χ1v) is 7.70. The molecule has 1 atom stereocenters. The maximum atomic E-state index is 12.2. The number of aromatic nitrogens is 2. The van der Waals surface area contributed by atoms with Crippen molar-refractivity contribution < 1.29 is 14.3 Å². The molecule has 0 saturated carbocycles. The Kier molecular flexibility index (Phi) is 3.37. The van der Waals surface area contributed by atoms with Gasteiger partial charge in [0, 0.05) is 29.5 Å². The zero-order valence-corrected chi connectivity index (χ0v) is 13.4. The van der Waals surface area contributed by atoms with Crippen molar-refractivity contribution in [2.45, 2.75) is 12.3 Å². The van der Waals surface area contributed by atoms with Gasteiger partial charge in [-0.3, -0.25) is 9.89 Å². The van der Waals surface area contributed by atoms with Gasteiger partial charge in [0.1, 0.15) is 0 Å². The van der Waals surface area contributed by atoms with E-state index in [0.29, 0.717) is 17.9 Å². The molecule has 0 aliphatic carbocycles. The van der Waals surface area contributed by atoms with Gasteiger partial charge in [0.15, 0.2) is 11.5 Å². The molecule has 0 saturated heterocycles. The van der Waals surface area contributed by atoms with Gasteiger partial charge < -0.3 is 14.8 Å². The van der Waals surface area contributed by atoms with E-state index < -0.39 is 0 Å². The number of nitrogens with one attached hydrogen (secondary N) is 2. The second kappa shape index (κ2) is 5.56. The van der Waals surface area contributed by atoms with Crippen LogP contribution in [0.25, 0.3) is 10.9 Å². The van der Waals surface area contributed by atoms with Gasteiger partial charge in [-0.1, -0.05) is 18.2 Å². The third-order valence-corrected chi connectivity index (χ3v) is 4.43. The number of H-pyrrole nitrogens is 1. The van der Waals surface area contributed by atoms with Crippen LogP contribution in [0, 0.1) is 0 Å². The van der Waals surface area contributed by atoms with Crippen molar-refractivity contribution in [1.82, 2.24) is 10.2 Å². The fourth-order valence-electron chi connectivity index (χ4n) is 3.29. The van der Waals surface area contributed by atoms with E-state index in [1.807, 2.05) is 30.3 Å². The van der Waals surface area contributed by atoms with Crippen LogP contribution in [0.15, 0.2) is 36.4 Å². The number of nitrogens with zero attached hydrogens (tertiary/aromatic N) is 1. The molecule has 2 heterocycles. The molecule has 2 aromatic carbocycles. The Balaban J connectivity index is 1.91. The summed E-state index contributed by atoms with van der Waals surface area (Å²) >= 11 is 0. The molecule has 4 rings (SSSR count). The number of hydrogen-bond donors (Lipinski definition) is 2. The minimum Gasteiger partial charge on any atom is -0.493 e. The molecule has 0 bridgehead atoms. The number of rotatable bonds is 3. The molecule has 6 nitrogen and oxygen atoms in total. The summed E-state index contributed by atoms with van der Waals surface area (Å²) in [7, 11) is 3.18. The van der Waals surface area contributed by atoms with Crippen molar-refractivity contribution in [2.24, 2.45) is 0 Å². The van der Waals surface area contributed by atoms with Crippen molar-refractivity contribution in [3.63, 3.8) is 0 Å². The average molecular weight is 323 g/mol. The Morgan fingerprint density at radius 3 is 2.67 bits per heavy atom. The molecule has 1 aliphatic rings. The molecule has 3 aromatic rings. The molecule has 0 radical (unpaired) electrons. The van der Waals surface area contributed by atoms with Crippen LogP contribution in [-0.2, 0) is 4.79 Å². The van der Waals surface area contributed by atoms with Gasteiger partial charge in [0.2, 0.25) is 5.91 Å². The Bertz CT molecular complexity index is 932. The Morgan fingerprint density at radius 1 is 1.12 bits per heavy atom. The zero-order valence-electron chi connectivity index (χ0n) is 13.4. The predicted octanol–water partition coefficient (Wildman–Crippen LogP) is 3.05. The predicted molar refractivity (Wildman–Crippen MR) is 90.7 cm³/mol. The standard InChI is InChI=1S/C18H17N3O3/c1-23-15-7-11-12(8-17(22)19-14(11)9-16(15)24-2)18-10-5-3-4-6-13(10)20-21-18/h3-7,9,12H,8H2,1-2H3,(H,19,22)(H,20,21). The molecule has 6 heteroatoms. The average Bonchev–Trinajstić information content (AvgIpc) is 3.03. The van der Waals surface area contributed by atoms with E-state index in [-0.39, 0.29) is 11.8 Å². The molecule has 24 heavy (non-hydrogen) atoms.